The third kappa shape index (κ3) is 4.99. The molecular weight excluding hydrogens is 454 g/mol. The second kappa shape index (κ2) is 10.6. The SMILES string of the molecule is CCCOc1cccc(/C(O)=C2\C(=O)C(=O)N(CCCn3ccnc3)C2c2cccc(Cl)c2)c1. The maximum absolute atomic E-state index is 13.2. The maximum Gasteiger partial charge on any atom is 0.295 e. The van der Waals surface area contributed by atoms with Crippen LogP contribution in [0.2, 0.25) is 5.02 Å². The van der Waals surface area contributed by atoms with Gasteiger partial charge in [0.15, 0.2) is 0 Å². The summed E-state index contributed by atoms with van der Waals surface area (Å²) in [5, 5.41) is 11.7. The number of rotatable bonds is 9. The summed E-state index contributed by atoms with van der Waals surface area (Å²) in [5.74, 6) is -1.01. The summed E-state index contributed by atoms with van der Waals surface area (Å²) in [6, 6.07) is 13.2. The molecule has 0 saturated carbocycles. The molecule has 1 fully saturated rings. The molecule has 1 amide bonds. The Labute approximate surface area is 203 Å². The summed E-state index contributed by atoms with van der Waals surface area (Å²) in [7, 11) is 0. The van der Waals surface area contributed by atoms with Crippen LogP contribution in [-0.4, -0.2) is 44.4 Å². The molecule has 2 heterocycles. The summed E-state index contributed by atoms with van der Waals surface area (Å²) in [6.45, 7) is 3.51. The zero-order valence-corrected chi connectivity index (χ0v) is 19.6. The third-order valence-corrected chi connectivity index (χ3v) is 5.89. The predicted molar refractivity (Wildman–Crippen MR) is 130 cm³/mol. The average Bonchev–Trinajstić information content (AvgIpc) is 3.45. The number of hydrogen-bond acceptors (Lipinski definition) is 5. The highest BCUT2D eigenvalue weighted by Crippen LogP contribution is 2.40. The van der Waals surface area contributed by atoms with Gasteiger partial charge in [0, 0.05) is 36.1 Å². The monoisotopic (exact) mass is 479 g/mol. The molecule has 1 N–H and O–H groups in total. The molecule has 0 aliphatic carbocycles. The molecule has 1 saturated heterocycles. The van der Waals surface area contributed by atoms with Crippen LogP contribution in [0, 0.1) is 0 Å². The number of carbonyl (C=O) groups excluding carboxylic acids is 2. The van der Waals surface area contributed by atoms with E-state index < -0.39 is 17.7 Å². The summed E-state index contributed by atoms with van der Waals surface area (Å²) >= 11 is 6.24. The minimum absolute atomic E-state index is 0.0440. The first kappa shape index (κ1) is 23.6. The summed E-state index contributed by atoms with van der Waals surface area (Å²) in [6.07, 6.45) is 6.69. The fourth-order valence-corrected chi connectivity index (χ4v) is 4.28. The van der Waals surface area contributed by atoms with Gasteiger partial charge in [0.2, 0.25) is 0 Å². The van der Waals surface area contributed by atoms with E-state index in [-0.39, 0.29) is 11.3 Å². The molecule has 176 valence electrons. The van der Waals surface area contributed by atoms with Crippen molar-refractivity contribution in [2.45, 2.75) is 32.4 Å². The summed E-state index contributed by atoms with van der Waals surface area (Å²) < 4.78 is 7.58. The summed E-state index contributed by atoms with van der Waals surface area (Å²) in [4.78, 5) is 31.8. The van der Waals surface area contributed by atoms with E-state index in [1.54, 1.807) is 61.1 Å². The second-order valence-corrected chi connectivity index (χ2v) is 8.51. The van der Waals surface area contributed by atoms with Crippen molar-refractivity contribution in [3.8, 4) is 5.75 Å². The Hall–Kier alpha value is -3.58. The quantitative estimate of drug-likeness (QED) is 0.270. The molecule has 2 aromatic carbocycles. The smallest absolute Gasteiger partial charge is 0.295 e. The van der Waals surface area contributed by atoms with Crippen LogP contribution in [0.5, 0.6) is 5.75 Å². The molecule has 4 rings (SSSR count). The maximum atomic E-state index is 13.2. The first-order valence-electron chi connectivity index (χ1n) is 11.2. The van der Waals surface area contributed by atoms with E-state index in [9.17, 15) is 14.7 Å². The largest absolute Gasteiger partial charge is 0.507 e. The van der Waals surface area contributed by atoms with Crippen molar-refractivity contribution in [2.75, 3.05) is 13.2 Å². The molecule has 0 spiro atoms. The van der Waals surface area contributed by atoms with Gasteiger partial charge in [-0.2, -0.15) is 0 Å². The second-order valence-electron chi connectivity index (χ2n) is 8.08. The number of benzene rings is 2. The lowest BCUT2D eigenvalue weighted by Crippen LogP contribution is -2.31. The Balaban J connectivity index is 1.72. The Morgan fingerprint density at radius 3 is 2.71 bits per heavy atom. The van der Waals surface area contributed by atoms with Gasteiger partial charge >= 0.3 is 0 Å². The van der Waals surface area contributed by atoms with Crippen molar-refractivity contribution in [2.24, 2.45) is 0 Å². The van der Waals surface area contributed by atoms with Gasteiger partial charge in [0.25, 0.3) is 11.7 Å². The Morgan fingerprint density at radius 1 is 1.15 bits per heavy atom. The normalized spacial score (nSPS) is 17.4. The average molecular weight is 480 g/mol. The number of ketones is 1. The molecule has 0 bridgehead atoms. The van der Waals surface area contributed by atoms with E-state index in [0.717, 1.165) is 6.42 Å². The highest BCUT2D eigenvalue weighted by Gasteiger charge is 2.45. The Bertz CT molecular complexity index is 1210. The molecule has 1 aliphatic rings. The number of likely N-dealkylation sites (tertiary alicyclic amines) is 1. The molecule has 7 nitrogen and oxygen atoms in total. The van der Waals surface area contributed by atoms with Gasteiger partial charge in [0.05, 0.1) is 24.5 Å². The van der Waals surface area contributed by atoms with Crippen LogP contribution in [-0.2, 0) is 16.1 Å². The standard InChI is InChI=1S/C26H26ClN3O4/c1-2-14-34-21-9-4-7-19(16-21)24(31)22-23(18-6-3-8-20(27)15-18)30(26(33)25(22)32)12-5-11-29-13-10-28-17-29/h3-4,6-10,13,15-17,23,31H,2,5,11-12,14H2,1H3/b24-22+. The number of halogens is 1. The topological polar surface area (TPSA) is 84.7 Å². The molecule has 1 unspecified atom stereocenters. The number of amides is 1. The lowest BCUT2D eigenvalue weighted by atomic mass is 9.95. The molecule has 8 heteroatoms. The highest BCUT2D eigenvalue weighted by molar-refractivity contribution is 6.46. The Kier molecular flexibility index (Phi) is 7.33. The van der Waals surface area contributed by atoms with Gasteiger partial charge in [-0.25, -0.2) is 4.98 Å². The molecule has 1 aromatic heterocycles. The van der Waals surface area contributed by atoms with Crippen LogP contribution in [0.3, 0.4) is 0 Å². The van der Waals surface area contributed by atoms with Gasteiger partial charge in [-0.15, -0.1) is 0 Å². The van der Waals surface area contributed by atoms with Gasteiger partial charge in [-0.3, -0.25) is 9.59 Å². The minimum atomic E-state index is -0.748. The van der Waals surface area contributed by atoms with Crippen LogP contribution < -0.4 is 4.74 Å². The van der Waals surface area contributed by atoms with E-state index in [4.69, 9.17) is 16.3 Å². The number of hydrogen-bond donors (Lipinski definition) is 1. The highest BCUT2D eigenvalue weighted by atomic mass is 35.5. The number of aliphatic hydroxyl groups excluding tert-OH is 1. The third-order valence-electron chi connectivity index (χ3n) is 5.66. The van der Waals surface area contributed by atoms with E-state index in [2.05, 4.69) is 4.98 Å². The van der Waals surface area contributed by atoms with Crippen molar-refractivity contribution in [1.29, 1.82) is 0 Å². The lowest BCUT2D eigenvalue weighted by molar-refractivity contribution is -0.139. The van der Waals surface area contributed by atoms with Crippen LogP contribution in [0.15, 0.2) is 72.8 Å². The van der Waals surface area contributed by atoms with Crippen molar-refractivity contribution in [3.63, 3.8) is 0 Å². The number of nitrogens with zero attached hydrogens (tertiary/aromatic N) is 3. The van der Waals surface area contributed by atoms with E-state index in [0.29, 0.717) is 48.0 Å². The minimum Gasteiger partial charge on any atom is -0.507 e. The first-order chi connectivity index (χ1) is 16.5. The molecule has 3 aromatic rings. The lowest BCUT2D eigenvalue weighted by Gasteiger charge is -2.25. The predicted octanol–water partition coefficient (Wildman–Crippen LogP) is 4.84. The Morgan fingerprint density at radius 2 is 1.97 bits per heavy atom. The number of aromatic nitrogens is 2. The van der Waals surface area contributed by atoms with Crippen molar-refractivity contribution in [3.05, 3.63) is 89.0 Å². The number of imidazole rings is 1. The fraction of sp³-hybridized carbons (Fsp3) is 0.269. The van der Waals surface area contributed by atoms with Crippen LogP contribution in [0.25, 0.3) is 5.76 Å². The number of ether oxygens (including phenoxy) is 1. The van der Waals surface area contributed by atoms with Gasteiger partial charge in [-0.1, -0.05) is 42.8 Å². The van der Waals surface area contributed by atoms with Gasteiger partial charge in [-0.05, 0) is 42.7 Å². The van der Waals surface area contributed by atoms with Crippen LogP contribution >= 0.6 is 11.6 Å². The molecule has 1 atom stereocenters. The van der Waals surface area contributed by atoms with E-state index in [1.807, 2.05) is 17.7 Å². The van der Waals surface area contributed by atoms with Gasteiger partial charge < -0.3 is 19.3 Å². The van der Waals surface area contributed by atoms with E-state index >= 15 is 0 Å². The molecule has 1 aliphatic heterocycles. The van der Waals surface area contributed by atoms with Gasteiger partial charge in [0.1, 0.15) is 11.5 Å². The molecule has 34 heavy (non-hydrogen) atoms. The molecular formula is C26H26ClN3O4. The van der Waals surface area contributed by atoms with E-state index in [1.165, 1.54) is 4.90 Å². The van der Waals surface area contributed by atoms with Crippen molar-refractivity contribution in [1.82, 2.24) is 14.5 Å². The fourth-order valence-electron chi connectivity index (χ4n) is 4.09. The number of carbonyl (C=O) groups is 2. The number of Topliss-reactive ketones (excluding diaryl/α,β-unsaturated/α-hetero) is 1. The number of aryl methyl sites for hydroxylation is 1. The van der Waals surface area contributed by atoms with Crippen molar-refractivity contribution >= 4 is 29.1 Å². The zero-order valence-electron chi connectivity index (χ0n) is 18.9. The number of aliphatic hydroxyl groups is 1. The van der Waals surface area contributed by atoms with Crippen LogP contribution in [0.1, 0.15) is 36.9 Å². The van der Waals surface area contributed by atoms with Crippen molar-refractivity contribution < 1.29 is 19.4 Å². The van der Waals surface area contributed by atoms with Crippen LogP contribution in [0.4, 0.5) is 0 Å². The zero-order chi connectivity index (χ0) is 24.1. The summed E-state index contributed by atoms with van der Waals surface area (Å²) in [5.41, 5.74) is 1.12. The first-order valence-corrected chi connectivity index (χ1v) is 11.6. The molecule has 0 radical (unpaired) electrons.